The van der Waals surface area contributed by atoms with Crippen molar-refractivity contribution in [1.82, 2.24) is 5.43 Å². The van der Waals surface area contributed by atoms with Crippen molar-refractivity contribution in [3.8, 4) is 5.75 Å². The molecule has 1 aromatic carbocycles. The van der Waals surface area contributed by atoms with Crippen LogP contribution in [0, 0.1) is 0 Å². The Bertz CT molecular complexity index is 581. The number of carbonyl (C=O) groups is 1. The van der Waals surface area contributed by atoms with Crippen LogP contribution in [0.1, 0.15) is 16.1 Å². The molecule has 6 nitrogen and oxygen atoms in total. The molecule has 1 amide bonds. The monoisotopic (exact) mass is 326 g/mol. The lowest BCUT2D eigenvalue weighted by Gasteiger charge is -1.99. The summed E-state index contributed by atoms with van der Waals surface area (Å²) in [7, 11) is 0. The van der Waals surface area contributed by atoms with Crippen molar-refractivity contribution in [3.63, 3.8) is 0 Å². The van der Waals surface area contributed by atoms with Crippen molar-refractivity contribution in [3.05, 3.63) is 52.4 Å². The van der Waals surface area contributed by atoms with Gasteiger partial charge in [-0.1, -0.05) is 15.9 Å². The molecule has 0 unspecified atom stereocenters. The van der Waals surface area contributed by atoms with Gasteiger partial charge in [0.2, 0.25) is 0 Å². The number of nitrogens with one attached hydrogen (secondary N) is 1. The highest BCUT2D eigenvalue weighted by Crippen LogP contribution is 2.19. The van der Waals surface area contributed by atoms with Crippen LogP contribution in [0.5, 0.6) is 5.75 Å². The molecule has 0 saturated heterocycles. The molecule has 2 rings (SSSR count). The van der Waals surface area contributed by atoms with Gasteiger partial charge in [-0.3, -0.25) is 4.79 Å². The zero-order valence-electron chi connectivity index (χ0n) is 9.63. The van der Waals surface area contributed by atoms with Crippen LogP contribution in [0.25, 0.3) is 0 Å². The summed E-state index contributed by atoms with van der Waals surface area (Å²) in [4.78, 5) is 11.5. The number of furan rings is 1. The summed E-state index contributed by atoms with van der Waals surface area (Å²) < 4.78 is 5.70. The molecule has 2 aromatic rings. The van der Waals surface area contributed by atoms with Gasteiger partial charge >= 0.3 is 5.91 Å². The molecule has 0 atom stereocenters. The number of carbonyl (C=O) groups excluding carboxylic acids is 1. The van der Waals surface area contributed by atoms with E-state index in [1.54, 1.807) is 18.2 Å². The Morgan fingerprint density at radius 3 is 2.89 bits per heavy atom. The van der Waals surface area contributed by atoms with E-state index in [4.69, 9.17) is 4.42 Å². The van der Waals surface area contributed by atoms with E-state index in [1.165, 1.54) is 24.6 Å². The summed E-state index contributed by atoms with van der Waals surface area (Å²) in [5.41, 5.74) is 2.78. The van der Waals surface area contributed by atoms with E-state index >= 15 is 0 Å². The molecule has 19 heavy (non-hydrogen) atoms. The molecule has 0 aliphatic heterocycles. The quantitative estimate of drug-likeness (QED) is 0.661. The summed E-state index contributed by atoms with van der Waals surface area (Å²) >= 11 is 3.27. The minimum atomic E-state index is -0.453. The molecule has 0 spiro atoms. The number of aromatic hydroxyl groups is 1. The van der Waals surface area contributed by atoms with Gasteiger partial charge in [0.05, 0.1) is 12.5 Å². The fourth-order valence-corrected chi connectivity index (χ4v) is 1.63. The number of hydrogen-bond acceptors (Lipinski definition) is 4. The third kappa shape index (κ3) is 3.94. The van der Waals surface area contributed by atoms with Gasteiger partial charge in [0.1, 0.15) is 5.75 Å². The van der Waals surface area contributed by atoms with Crippen molar-refractivity contribution in [1.29, 1.82) is 0 Å². The summed E-state index contributed by atoms with van der Waals surface area (Å²) in [6, 6.07) is 8.05. The molecular formula is C12H11BrN2O4. The highest BCUT2D eigenvalue weighted by Gasteiger charge is 2.06. The largest absolute Gasteiger partial charge is 0.507 e. The summed E-state index contributed by atoms with van der Waals surface area (Å²) in [5.74, 6) is -0.203. The van der Waals surface area contributed by atoms with Gasteiger partial charge in [-0.15, -0.1) is 0 Å². The first-order chi connectivity index (χ1) is 8.66. The number of nitrogens with zero attached hydrogens (tertiary/aromatic N) is 1. The number of benzene rings is 1. The minimum Gasteiger partial charge on any atom is -0.507 e. The summed E-state index contributed by atoms with van der Waals surface area (Å²) in [6.07, 6.45) is 2.75. The van der Waals surface area contributed by atoms with Gasteiger partial charge < -0.3 is 15.0 Å². The minimum absolute atomic E-state index is 0. The number of hydrazone groups is 1. The van der Waals surface area contributed by atoms with Crippen LogP contribution in [0.2, 0.25) is 0 Å². The standard InChI is InChI=1S/C12H9BrN2O3.H2O/c13-9-3-4-10(16)8(6-9)7-14-15-12(17)11-2-1-5-18-11;/h1-7,16H,(H,15,17);1H2/b14-7+;. The molecular weight excluding hydrogens is 316 g/mol. The molecule has 0 aliphatic carbocycles. The van der Waals surface area contributed by atoms with E-state index in [2.05, 4.69) is 26.5 Å². The van der Waals surface area contributed by atoms with Crippen molar-refractivity contribution < 1.29 is 19.8 Å². The lowest BCUT2D eigenvalue weighted by Crippen LogP contribution is -2.16. The van der Waals surface area contributed by atoms with Gasteiger partial charge in [0.15, 0.2) is 5.76 Å². The van der Waals surface area contributed by atoms with Crippen LogP contribution in [0.4, 0.5) is 0 Å². The number of phenolic OH excluding ortho intramolecular Hbond substituents is 1. The zero-order chi connectivity index (χ0) is 13.0. The third-order valence-electron chi connectivity index (χ3n) is 2.10. The second kappa shape index (κ2) is 6.72. The second-order valence-electron chi connectivity index (χ2n) is 3.38. The molecule has 100 valence electrons. The van der Waals surface area contributed by atoms with E-state index in [9.17, 15) is 9.90 Å². The average molecular weight is 327 g/mol. The number of amides is 1. The molecule has 0 bridgehead atoms. The second-order valence-corrected chi connectivity index (χ2v) is 4.30. The lowest BCUT2D eigenvalue weighted by atomic mass is 10.2. The Labute approximate surface area is 117 Å². The molecule has 4 N–H and O–H groups in total. The number of hydrogen-bond donors (Lipinski definition) is 2. The maximum Gasteiger partial charge on any atom is 0.307 e. The van der Waals surface area contributed by atoms with E-state index in [-0.39, 0.29) is 17.0 Å². The van der Waals surface area contributed by atoms with Crippen molar-refractivity contribution >= 4 is 28.1 Å². The summed E-state index contributed by atoms with van der Waals surface area (Å²) in [5, 5.41) is 13.3. The highest BCUT2D eigenvalue weighted by molar-refractivity contribution is 9.10. The topological polar surface area (TPSA) is 106 Å². The van der Waals surface area contributed by atoms with Crippen molar-refractivity contribution in [2.75, 3.05) is 0 Å². The van der Waals surface area contributed by atoms with Crippen LogP contribution in [0.3, 0.4) is 0 Å². The first-order valence-electron chi connectivity index (χ1n) is 5.02. The van der Waals surface area contributed by atoms with Crippen LogP contribution in [-0.2, 0) is 0 Å². The molecule has 0 radical (unpaired) electrons. The van der Waals surface area contributed by atoms with E-state index < -0.39 is 5.91 Å². The van der Waals surface area contributed by atoms with Crippen LogP contribution in [0.15, 0.2) is 50.6 Å². The maximum atomic E-state index is 11.5. The Balaban J connectivity index is 0.00000180. The Morgan fingerprint density at radius 2 is 2.21 bits per heavy atom. The smallest absolute Gasteiger partial charge is 0.307 e. The molecule has 0 fully saturated rings. The number of halogens is 1. The Hall–Kier alpha value is -2.12. The predicted molar refractivity (Wildman–Crippen MR) is 73.2 cm³/mol. The third-order valence-corrected chi connectivity index (χ3v) is 2.60. The van der Waals surface area contributed by atoms with E-state index in [0.29, 0.717) is 5.56 Å². The van der Waals surface area contributed by atoms with E-state index in [0.717, 1.165) is 4.47 Å². The molecule has 1 heterocycles. The van der Waals surface area contributed by atoms with Gasteiger partial charge in [0.25, 0.3) is 0 Å². The number of phenols is 1. The van der Waals surface area contributed by atoms with E-state index in [1.807, 2.05) is 0 Å². The highest BCUT2D eigenvalue weighted by atomic mass is 79.9. The fourth-order valence-electron chi connectivity index (χ4n) is 1.25. The van der Waals surface area contributed by atoms with Crippen molar-refractivity contribution in [2.24, 2.45) is 5.10 Å². The average Bonchev–Trinajstić information content (AvgIpc) is 2.87. The van der Waals surface area contributed by atoms with Gasteiger partial charge in [-0.25, -0.2) is 5.43 Å². The van der Waals surface area contributed by atoms with Gasteiger partial charge in [-0.2, -0.15) is 5.10 Å². The normalized spacial score (nSPS) is 10.2. The Morgan fingerprint density at radius 1 is 1.42 bits per heavy atom. The SMILES string of the molecule is O.O=C(N/N=C/c1cc(Br)ccc1O)c1ccco1. The number of rotatable bonds is 3. The van der Waals surface area contributed by atoms with Crippen LogP contribution >= 0.6 is 15.9 Å². The van der Waals surface area contributed by atoms with Crippen LogP contribution in [-0.4, -0.2) is 22.7 Å². The van der Waals surface area contributed by atoms with Gasteiger partial charge in [-0.05, 0) is 30.3 Å². The summed E-state index contributed by atoms with van der Waals surface area (Å²) in [6.45, 7) is 0. The first-order valence-corrected chi connectivity index (χ1v) is 5.81. The fraction of sp³-hybridized carbons (Fsp3) is 0. The predicted octanol–water partition coefficient (Wildman–Crippen LogP) is 1.69. The first kappa shape index (κ1) is 14.9. The zero-order valence-corrected chi connectivity index (χ0v) is 11.2. The lowest BCUT2D eigenvalue weighted by molar-refractivity contribution is 0.0927. The maximum absolute atomic E-state index is 11.5. The molecule has 0 aliphatic rings. The van der Waals surface area contributed by atoms with Crippen molar-refractivity contribution in [2.45, 2.75) is 0 Å². The van der Waals surface area contributed by atoms with Gasteiger partial charge in [0, 0.05) is 10.0 Å². The van der Waals surface area contributed by atoms with Crippen LogP contribution < -0.4 is 5.43 Å². The Kier molecular flexibility index (Phi) is 5.28. The molecule has 7 heteroatoms. The molecule has 1 aromatic heterocycles. The molecule has 0 saturated carbocycles.